The van der Waals surface area contributed by atoms with Gasteiger partial charge in [0.2, 0.25) is 0 Å². The fraction of sp³-hybridized carbons (Fsp3) is 0.625. The summed E-state index contributed by atoms with van der Waals surface area (Å²) in [7, 11) is 1.92. The van der Waals surface area contributed by atoms with E-state index in [2.05, 4.69) is 38.2 Å². The monoisotopic (exact) mass is 265 g/mol. The Morgan fingerprint density at radius 3 is 2.47 bits per heavy atom. The van der Waals surface area contributed by atoms with Gasteiger partial charge in [0.1, 0.15) is 5.75 Å². The smallest absolute Gasteiger partial charge is 0.123 e. The summed E-state index contributed by atoms with van der Waals surface area (Å²) in [5.41, 5.74) is 2.45. The third-order valence-corrected chi connectivity index (χ3v) is 3.28. The lowest BCUT2D eigenvalue weighted by Gasteiger charge is -2.25. The maximum absolute atomic E-state index is 9.13. The molecule has 0 aliphatic carbocycles. The zero-order valence-electron chi connectivity index (χ0n) is 12.8. The quantitative estimate of drug-likeness (QED) is 0.830. The van der Waals surface area contributed by atoms with Gasteiger partial charge in [0.15, 0.2) is 0 Å². The van der Waals surface area contributed by atoms with Gasteiger partial charge >= 0.3 is 0 Å². The van der Waals surface area contributed by atoms with Crippen LogP contribution in [0.25, 0.3) is 0 Å². The summed E-state index contributed by atoms with van der Waals surface area (Å²) in [6, 6.07) is 6.50. The van der Waals surface area contributed by atoms with E-state index in [4.69, 9.17) is 9.84 Å². The number of aliphatic hydroxyl groups excluding tert-OH is 1. The van der Waals surface area contributed by atoms with E-state index in [1.54, 1.807) is 0 Å². The van der Waals surface area contributed by atoms with Crippen molar-refractivity contribution >= 4 is 0 Å². The van der Waals surface area contributed by atoms with Gasteiger partial charge < -0.3 is 15.2 Å². The molecule has 2 N–H and O–H groups in total. The van der Waals surface area contributed by atoms with Crippen LogP contribution < -0.4 is 10.1 Å². The summed E-state index contributed by atoms with van der Waals surface area (Å²) < 4.78 is 5.72. The van der Waals surface area contributed by atoms with E-state index < -0.39 is 0 Å². The van der Waals surface area contributed by atoms with Crippen molar-refractivity contribution in [1.82, 2.24) is 5.32 Å². The highest BCUT2D eigenvalue weighted by molar-refractivity contribution is 5.42. The topological polar surface area (TPSA) is 41.5 Å². The van der Waals surface area contributed by atoms with E-state index in [0.29, 0.717) is 13.0 Å². The molecule has 1 aromatic carbocycles. The van der Waals surface area contributed by atoms with Crippen LogP contribution in [0.2, 0.25) is 0 Å². The van der Waals surface area contributed by atoms with Crippen LogP contribution in [-0.2, 0) is 5.41 Å². The summed E-state index contributed by atoms with van der Waals surface area (Å²) in [5.74, 6) is 0.956. The average molecular weight is 265 g/mol. The zero-order chi connectivity index (χ0) is 14.5. The normalized spacial score (nSPS) is 13.4. The molecule has 0 aliphatic rings. The number of hydrogen-bond acceptors (Lipinski definition) is 3. The maximum atomic E-state index is 9.13. The Morgan fingerprint density at radius 2 is 2.00 bits per heavy atom. The van der Waals surface area contributed by atoms with Crippen LogP contribution in [0.4, 0.5) is 0 Å². The molecular formula is C16H27NO2. The highest BCUT2D eigenvalue weighted by atomic mass is 16.5. The van der Waals surface area contributed by atoms with Crippen molar-refractivity contribution in [3.05, 3.63) is 29.3 Å². The molecule has 108 valence electrons. The Bertz CT molecular complexity index is 396. The Balaban J connectivity index is 3.17. The number of rotatable bonds is 6. The molecule has 19 heavy (non-hydrogen) atoms. The molecule has 0 saturated heterocycles. The first-order chi connectivity index (χ1) is 8.93. The Morgan fingerprint density at radius 1 is 1.32 bits per heavy atom. The zero-order valence-corrected chi connectivity index (χ0v) is 12.8. The fourth-order valence-electron chi connectivity index (χ4n) is 2.24. The molecule has 0 bridgehead atoms. The summed E-state index contributed by atoms with van der Waals surface area (Å²) in [6.45, 7) is 9.43. The van der Waals surface area contributed by atoms with Crippen molar-refractivity contribution in [2.24, 2.45) is 0 Å². The number of hydrogen-bond donors (Lipinski definition) is 2. The second kappa shape index (κ2) is 6.92. The van der Waals surface area contributed by atoms with Crippen LogP contribution in [0.1, 0.15) is 51.3 Å². The first-order valence-corrected chi connectivity index (χ1v) is 6.99. The number of aliphatic hydroxyl groups is 1. The highest BCUT2D eigenvalue weighted by Crippen LogP contribution is 2.34. The van der Waals surface area contributed by atoms with Gasteiger partial charge in [-0.05, 0) is 43.0 Å². The highest BCUT2D eigenvalue weighted by Gasteiger charge is 2.21. The first kappa shape index (κ1) is 16.0. The van der Waals surface area contributed by atoms with Crippen LogP contribution in [-0.4, -0.2) is 25.4 Å². The lowest BCUT2D eigenvalue weighted by Crippen LogP contribution is -2.20. The van der Waals surface area contributed by atoms with Crippen molar-refractivity contribution in [1.29, 1.82) is 0 Å². The average Bonchev–Trinajstić information content (AvgIpc) is 2.35. The van der Waals surface area contributed by atoms with Crippen molar-refractivity contribution in [2.75, 3.05) is 20.3 Å². The minimum atomic E-state index is 0.0397. The lowest BCUT2D eigenvalue weighted by molar-refractivity contribution is 0.268. The molecular weight excluding hydrogens is 238 g/mol. The SMILES string of the molecule is CCOc1ccc(C(CCO)NC)cc1C(C)(C)C. The van der Waals surface area contributed by atoms with Crippen molar-refractivity contribution < 1.29 is 9.84 Å². The van der Waals surface area contributed by atoms with Crippen LogP contribution in [0.5, 0.6) is 5.75 Å². The van der Waals surface area contributed by atoms with Gasteiger partial charge in [-0.25, -0.2) is 0 Å². The largest absolute Gasteiger partial charge is 0.494 e. The maximum Gasteiger partial charge on any atom is 0.123 e. The van der Waals surface area contributed by atoms with E-state index >= 15 is 0 Å². The van der Waals surface area contributed by atoms with Gasteiger partial charge in [-0.3, -0.25) is 0 Å². The predicted octanol–water partition coefficient (Wildman–Crippen LogP) is 3.03. The summed E-state index contributed by atoms with van der Waals surface area (Å²) >= 11 is 0. The molecule has 0 amide bonds. The molecule has 1 aromatic rings. The molecule has 0 aromatic heterocycles. The van der Waals surface area contributed by atoms with Crippen LogP contribution in [0.15, 0.2) is 18.2 Å². The molecule has 0 spiro atoms. The van der Waals surface area contributed by atoms with Crippen molar-refractivity contribution in [2.45, 2.75) is 45.6 Å². The van der Waals surface area contributed by atoms with E-state index in [-0.39, 0.29) is 18.1 Å². The molecule has 1 unspecified atom stereocenters. The molecule has 1 rings (SSSR count). The summed E-state index contributed by atoms with van der Waals surface area (Å²) in [6.07, 6.45) is 0.716. The van der Waals surface area contributed by atoms with Crippen LogP contribution >= 0.6 is 0 Å². The van der Waals surface area contributed by atoms with Gasteiger partial charge in [0.05, 0.1) is 6.61 Å². The second-order valence-electron chi connectivity index (χ2n) is 5.79. The number of benzene rings is 1. The molecule has 3 heteroatoms. The first-order valence-electron chi connectivity index (χ1n) is 6.99. The predicted molar refractivity (Wildman–Crippen MR) is 79.8 cm³/mol. The van der Waals surface area contributed by atoms with Crippen LogP contribution in [0, 0.1) is 0 Å². The molecule has 0 radical (unpaired) electrons. The summed E-state index contributed by atoms with van der Waals surface area (Å²) in [5, 5.41) is 12.4. The molecule has 1 atom stereocenters. The number of nitrogens with one attached hydrogen (secondary N) is 1. The third kappa shape index (κ3) is 4.22. The standard InChI is InChI=1S/C16H27NO2/c1-6-19-15-8-7-12(14(17-5)9-10-18)11-13(15)16(2,3)4/h7-8,11,14,17-18H,6,9-10H2,1-5H3. The van der Waals surface area contributed by atoms with Crippen LogP contribution in [0.3, 0.4) is 0 Å². The number of ether oxygens (including phenoxy) is 1. The van der Waals surface area contributed by atoms with E-state index in [1.807, 2.05) is 20.0 Å². The van der Waals surface area contributed by atoms with Gasteiger partial charge in [-0.2, -0.15) is 0 Å². The van der Waals surface area contributed by atoms with Crippen molar-refractivity contribution in [3.8, 4) is 5.75 Å². The van der Waals surface area contributed by atoms with Gasteiger partial charge in [0.25, 0.3) is 0 Å². The third-order valence-electron chi connectivity index (χ3n) is 3.28. The Kier molecular flexibility index (Phi) is 5.83. The van der Waals surface area contributed by atoms with Crippen molar-refractivity contribution in [3.63, 3.8) is 0 Å². The minimum absolute atomic E-state index is 0.0397. The minimum Gasteiger partial charge on any atom is -0.494 e. The molecule has 0 fully saturated rings. The second-order valence-corrected chi connectivity index (χ2v) is 5.79. The van der Waals surface area contributed by atoms with E-state index in [0.717, 1.165) is 5.75 Å². The van der Waals surface area contributed by atoms with E-state index in [9.17, 15) is 0 Å². The molecule has 3 nitrogen and oxygen atoms in total. The Hall–Kier alpha value is -1.06. The van der Waals surface area contributed by atoms with E-state index in [1.165, 1.54) is 11.1 Å². The lowest BCUT2D eigenvalue weighted by atomic mass is 9.84. The van der Waals surface area contributed by atoms with Gasteiger partial charge in [-0.15, -0.1) is 0 Å². The Labute approximate surface area is 117 Å². The van der Waals surface area contributed by atoms with Gasteiger partial charge in [0, 0.05) is 12.6 Å². The molecule has 0 heterocycles. The molecule has 0 aliphatic heterocycles. The molecule has 0 saturated carbocycles. The summed E-state index contributed by atoms with van der Waals surface area (Å²) in [4.78, 5) is 0. The van der Waals surface area contributed by atoms with Gasteiger partial charge in [-0.1, -0.05) is 32.9 Å². The fourth-order valence-corrected chi connectivity index (χ4v) is 2.24.